The van der Waals surface area contributed by atoms with Crippen LogP contribution >= 0.6 is 11.3 Å². The molecule has 2 aromatic rings. The Labute approximate surface area is 208 Å². The molecule has 2 unspecified atom stereocenters. The number of carbonyl (C=O) groups excluding carboxylic acids is 2. The second-order valence-corrected chi connectivity index (χ2v) is 10.6. The van der Waals surface area contributed by atoms with Gasteiger partial charge in [-0.25, -0.2) is 0 Å². The second-order valence-electron chi connectivity index (χ2n) is 9.64. The van der Waals surface area contributed by atoms with Crippen LogP contribution in [0.5, 0.6) is 0 Å². The quantitative estimate of drug-likeness (QED) is 0.535. The van der Waals surface area contributed by atoms with Crippen molar-refractivity contribution >= 4 is 23.2 Å². The van der Waals surface area contributed by atoms with E-state index in [1.54, 1.807) is 0 Å². The highest BCUT2D eigenvalue weighted by Gasteiger charge is 2.32. The number of rotatable bonds is 8. The summed E-state index contributed by atoms with van der Waals surface area (Å²) in [7, 11) is 0. The Morgan fingerprint density at radius 2 is 1.76 bits per heavy atom. The van der Waals surface area contributed by atoms with Crippen LogP contribution in [0.15, 0.2) is 41.8 Å². The van der Waals surface area contributed by atoms with Gasteiger partial charge in [0.1, 0.15) is 0 Å². The van der Waals surface area contributed by atoms with Crippen molar-refractivity contribution in [2.45, 2.75) is 58.4 Å². The molecule has 34 heavy (non-hydrogen) atoms. The zero-order valence-corrected chi connectivity index (χ0v) is 21.6. The number of unbranched alkanes of at least 4 members (excludes halogenated alkanes) is 1. The lowest BCUT2D eigenvalue weighted by Crippen LogP contribution is -2.45. The highest BCUT2D eigenvalue weighted by molar-refractivity contribution is 7.10. The summed E-state index contributed by atoms with van der Waals surface area (Å²) in [5.41, 5.74) is 2.60. The van der Waals surface area contributed by atoms with Gasteiger partial charge >= 0.3 is 0 Å². The summed E-state index contributed by atoms with van der Waals surface area (Å²) in [6.07, 6.45) is 5.97. The van der Waals surface area contributed by atoms with Gasteiger partial charge in [0.25, 0.3) is 0 Å². The molecule has 2 amide bonds. The molecule has 1 aromatic carbocycles. The molecule has 0 spiro atoms. The molecule has 1 aromatic heterocycles. The average molecular weight is 482 g/mol. The maximum atomic E-state index is 13.4. The number of thiophene rings is 1. The molecule has 1 fully saturated rings. The van der Waals surface area contributed by atoms with E-state index in [-0.39, 0.29) is 23.8 Å². The molecular weight excluding hydrogens is 442 g/mol. The minimum Gasteiger partial charge on any atom is -0.341 e. The van der Waals surface area contributed by atoms with E-state index in [0.29, 0.717) is 19.6 Å². The Morgan fingerprint density at radius 1 is 1.00 bits per heavy atom. The summed E-state index contributed by atoms with van der Waals surface area (Å²) >= 11 is 1.83. The van der Waals surface area contributed by atoms with Crippen LogP contribution in [0.25, 0.3) is 0 Å². The number of amides is 2. The molecule has 0 radical (unpaired) electrons. The van der Waals surface area contributed by atoms with Crippen molar-refractivity contribution < 1.29 is 9.59 Å². The van der Waals surface area contributed by atoms with Crippen LogP contribution < -0.4 is 0 Å². The molecule has 0 N–H and O–H groups in total. The normalized spacial score (nSPS) is 20.0. The first-order chi connectivity index (χ1) is 16.6. The van der Waals surface area contributed by atoms with Crippen molar-refractivity contribution in [1.29, 1.82) is 0 Å². The van der Waals surface area contributed by atoms with Crippen molar-refractivity contribution in [3.8, 4) is 0 Å². The Hall–Kier alpha value is -2.18. The summed E-state index contributed by atoms with van der Waals surface area (Å²) in [6, 6.07) is 12.9. The molecule has 5 nitrogen and oxygen atoms in total. The predicted molar refractivity (Wildman–Crippen MR) is 139 cm³/mol. The van der Waals surface area contributed by atoms with Gasteiger partial charge in [-0.3, -0.25) is 14.5 Å². The smallest absolute Gasteiger partial charge is 0.236 e. The second kappa shape index (κ2) is 12.0. The lowest BCUT2D eigenvalue weighted by atomic mass is 9.93. The third kappa shape index (κ3) is 5.72. The van der Waals surface area contributed by atoms with Gasteiger partial charge in [0.15, 0.2) is 0 Å². The van der Waals surface area contributed by atoms with E-state index < -0.39 is 0 Å². The van der Waals surface area contributed by atoms with Crippen molar-refractivity contribution in [3.05, 3.63) is 57.8 Å². The van der Waals surface area contributed by atoms with Crippen molar-refractivity contribution in [2.24, 2.45) is 5.92 Å². The molecule has 1 saturated heterocycles. The third-order valence-corrected chi connectivity index (χ3v) is 8.42. The van der Waals surface area contributed by atoms with Crippen LogP contribution in [0.4, 0.5) is 0 Å². The Morgan fingerprint density at radius 3 is 2.53 bits per heavy atom. The summed E-state index contributed by atoms with van der Waals surface area (Å²) in [5, 5.41) is 2.18. The first kappa shape index (κ1) is 24.9. The van der Waals surface area contributed by atoms with Crippen LogP contribution in [0.3, 0.4) is 0 Å². The molecule has 4 rings (SSSR count). The van der Waals surface area contributed by atoms with Gasteiger partial charge in [-0.05, 0) is 48.3 Å². The molecule has 0 saturated carbocycles. The lowest BCUT2D eigenvalue weighted by Gasteiger charge is -2.37. The van der Waals surface area contributed by atoms with Crippen LogP contribution in [-0.4, -0.2) is 65.8 Å². The first-order valence-electron chi connectivity index (χ1n) is 13.0. The topological polar surface area (TPSA) is 43.9 Å². The van der Waals surface area contributed by atoms with Gasteiger partial charge in [0, 0.05) is 43.5 Å². The van der Waals surface area contributed by atoms with Gasteiger partial charge in [-0.2, -0.15) is 0 Å². The van der Waals surface area contributed by atoms with Crippen molar-refractivity contribution in [1.82, 2.24) is 14.7 Å². The minimum absolute atomic E-state index is 0.127. The fourth-order valence-corrected chi connectivity index (χ4v) is 6.34. The number of carbonyl (C=O) groups is 2. The van der Waals surface area contributed by atoms with E-state index in [0.717, 1.165) is 58.2 Å². The maximum Gasteiger partial charge on any atom is 0.236 e. The van der Waals surface area contributed by atoms with Crippen molar-refractivity contribution in [3.63, 3.8) is 0 Å². The molecular formula is C28H39N3O2S. The van der Waals surface area contributed by atoms with E-state index in [1.165, 1.54) is 16.0 Å². The van der Waals surface area contributed by atoms with Gasteiger partial charge in [0.05, 0.1) is 12.6 Å². The van der Waals surface area contributed by atoms with Gasteiger partial charge in [-0.1, -0.05) is 57.0 Å². The van der Waals surface area contributed by atoms with E-state index in [4.69, 9.17) is 0 Å². The summed E-state index contributed by atoms with van der Waals surface area (Å²) in [5.74, 6) is 0.601. The third-order valence-electron chi connectivity index (χ3n) is 7.43. The number of hydrogen-bond acceptors (Lipinski definition) is 4. The SMILES string of the molecule is CCCCC(CC)C(=O)N1CCCN(C(=O)CN2CCc3sccc3C2c2ccccc2)CC1. The van der Waals surface area contributed by atoms with E-state index in [9.17, 15) is 9.59 Å². The Kier molecular flexibility index (Phi) is 8.79. The zero-order chi connectivity index (χ0) is 23.9. The summed E-state index contributed by atoms with van der Waals surface area (Å²) < 4.78 is 0. The Bertz CT molecular complexity index is 944. The van der Waals surface area contributed by atoms with Crippen LogP contribution in [0, 0.1) is 5.92 Å². The molecule has 184 valence electrons. The number of nitrogens with zero attached hydrogens (tertiary/aromatic N) is 3. The monoisotopic (exact) mass is 481 g/mol. The van der Waals surface area contributed by atoms with Gasteiger partial charge in [0.2, 0.25) is 11.8 Å². The highest BCUT2D eigenvalue weighted by atomic mass is 32.1. The van der Waals surface area contributed by atoms with Gasteiger partial charge in [-0.15, -0.1) is 11.3 Å². The predicted octanol–water partition coefficient (Wildman–Crippen LogP) is 4.97. The number of hydrogen-bond donors (Lipinski definition) is 0. The standard InChI is InChI=1S/C28H39N3O2S/c1-3-5-10-22(4-2)28(33)30-16-9-15-29(18-19-30)26(32)21-31-17-13-25-24(14-20-34-25)27(31)23-11-7-6-8-12-23/h6-8,11-12,14,20,22,27H,3-5,9-10,13,15-19,21H2,1-2H3. The fraction of sp³-hybridized carbons (Fsp3) is 0.571. The van der Waals surface area contributed by atoms with Crippen LogP contribution in [-0.2, 0) is 16.0 Å². The zero-order valence-electron chi connectivity index (χ0n) is 20.7. The average Bonchev–Trinajstić information content (AvgIpc) is 3.20. The molecule has 2 aliphatic heterocycles. The molecule has 2 atom stereocenters. The molecule has 0 bridgehead atoms. The first-order valence-corrected chi connectivity index (χ1v) is 13.9. The van der Waals surface area contributed by atoms with Gasteiger partial charge < -0.3 is 9.80 Å². The molecule has 0 aliphatic carbocycles. The van der Waals surface area contributed by atoms with E-state index in [1.807, 2.05) is 27.2 Å². The van der Waals surface area contributed by atoms with Crippen LogP contribution in [0.2, 0.25) is 0 Å². The summed E-state index contributed by atoms with van der Waals surface area (Å²) in [6.45, 7) is 8.42. The van der Waals surface area contributed by atoms with E-state index >= 15 is 0 Å². The highest BCUT2D eigenvalue weighted by Crippen LogP contribution is 2.37. The molecule has 6 heteroatoms. The lowest BCUT2D eigenvalue weighted by molar-refractivity contribution is -0.137. The Balaban J connectivity index is 1.40. The molecule has 2 aliphatic rings. The molecule has 3 heterocycles. The van der Waals surface area contributed by atoms with Crippen LogP contribution in [0.1, 0.15) is 68.0 Å². The minimum atomic E-state index is 0.127. The van der Waals surface area contributed by atoms with Crippen molar-refractivity contribution in [2.75, 3.05) is 39.3 Å². The fourth-order valence-electron chi connectivity index (χ4n) is 5.44. The number of benzene rings is 1. The summed E-state index contributed by atoms with van der Waals surface area (Å²) in [4.78, 5) is 34.3. The largest absolute Gasteiger partial charge is 0.341 e. The number of fused-ring (bicyclic) bond motifs is 1. The van der Waals surface area contributed by atoms with E-state index in [2.05, 4.69) is 54.5 Å². The maximum absolute atomic E-state index is 13.4.